The van der Waals surface area contributed by atoms with E-state index in [1.54, 1.807) is 11.1 Å². The van der Waals surface area contributed by atoms with Gasteiger partial charge < -0.3 is 10.2 Å². The van der Waals surface area contributed by atoms with Crippen LogP contribution in [0.3, 0.4) is 0 Å². The molecular formula is C28H44O2. The van der Waals surface area contributed by atoms with Gasteiger partial charge in [-0.05, 0) is 92.8 Å². The lowest BCUT2D eigenvalue weighted by atomic mass is 9.50. The first kappa shape index (κ1) is 22.3. The molecule has 4 rings (SSSR count). The van der Waals surface area contributed by atoms with Gasteiger partial charge in [0.2, 0.25) is 0 Å². The zero-order valence-electron chi connectivity index (χ0n) is 20.0. The van der Waals surface area contributed by atoms with Gasteiger partial charge in [-0.15, -0.1) is 0 Å². The first-order valence-corrected chi connectivity index (χ1v) is 12.7. The molecule has 4 aliphatic rings. The predicted octanol–water partition coefficient (Wildman–Crippen LogP) is 6.73. The number of hydrogen-bond acceptors (Lipinski definition) is 2. The summed E-state index contributed by atoms with van der Waals surface area (Å²) in [4.78, 5) is 0. The van der Waals surface area contributed by atoms with Crippen molar-refractivity contribution in [1.29, 1.82) is 0 Å². The second kappa shape index (κ2) is 7.93. The van der Waals surface area contributed by atoms with E-state index in [0.29, 0.717) is 17.8 Å². The second-order valence-corrected chi connectivity index (χ2v) is 11.5. The van der Waals surface area contributed by atoms with E-state index in [0.717, 1.165) is 44.9 Å². The van der Waals surface area contributed by atoms with E-state index in [9.17, 15) is 10.2 Å². The molecule has 0 spiro atoms. The van der Waals surface area contributed by atoms with Gasteiger partial charge in [-0.25, -0.2) is 0 Å². The normalized spacial score (nSPS) is 39.3. The Morgan fingerprint density at radius 1 is 1.07 bits per heavy atom. The van der Waals surface area contributed by atoms with Crippen molar-refractivity contribution in [3.8, 4) is 0 Å². The monoisotopic (exact) mass is 412 g/mol. The average Bonchev–Trinajstić information content (AvgIpc) is 3.09. The van der Waals surface area contributed by atoms with Crippen molar-refractivity contribution in [2.24, 2.45) is 28.6 Å². The molecule has 0 aromatic carbocycles. The minimum atomic E-state index is -0.487. The van der Waals surface area contributed by atoms with Crippen LogP contribution in [-0.4, -0.2) is 21.9 Å². The van der Waals surface area contributed by atoms with Crippen molar-refractivity contribution < 1.29 is 10.2 Å². The summed E-state index contributed by atoms with van der Waals surface area (Å²) in [5.74, 6) is 1.86. The number of hydrogen-bond donors (Lipinski definition) is 2. The van der Waals surface area contributed by atoms with Crippen molar-refractivity contribution in [3.63, 3.8) is 0 Å². The topological polar surface area (TPSA) is 40.5 Å². The SMILES string of the molecule is CCC(O)(CC)CCC(C)C1=CCC2C3=CC=C4CC(O)CCC4(C)C3CCC12C. The lowest BCUT2D eigenvalue weighted by molar-refractivity contribution is 0.0179. The summed E-state index contributed by atoms with van der Waals surface area (Å²) in [7, 11) is 0. The van der Waals surface area contributed by atoms with Crippen molar-refractivity contribution in [2.75, 3.05) is 0 Å². The maximum Gasteiger partial charge on any atom is 0.0642 e. The first-order chi connectivity index (χ1) is 14.2. The van der Waals surface area contributed by atoms with E-state index >= 15 is 0 Å². The van der Waals surface area contributed by atoms with Crippen LogP contribution in [0.5, 0.6) is 0 Å². The van der Waals surface area contributed by atoms with Crippen molar-refractivity contribution in [1.82, 2.24) is 0 Å². The highest BCUT2D eigenvalue weighted by Crippen LogP contribution is 2.64. The lowest BCUT2D eigenvalue weighted by Crippen LogP contribution is -2.45. The molecule has 2 N–H and O–H groups in total. The molecule has 0 amide bonds. The predicted molar refractivity (Wildman–Crippen MR) is 125 cm³/mol. The molecule has 6 unspecified atom stereocenters. The molecule has 2 saturated carbocycles. The highest BCUT2D eigenvalue weighted by Gasteiger charge is 2.54. The third kappa shape index (κ3) is 3.47. The molecule has 0 radical (unpaired) electrons. The largest absolute Gasteiger partial charge is 0.393 e. The van der Waals surface area contributed by atoms with Gasteiger partial charge in [0.15, 0.2) is 0 Å². The molecule has 4 aliphatic carbocycles. The standard InChI is InChI=1S/C28H44O2/c1-6-28(30,7-2)17-12-19(3)23-10-11-24-22-9-8-20-18-21(29)13-15-26(20,4)25(22)14-16-27(23,24)5/h8-10,19,21,24-25,29-30H,6-7,11-18H2,1-5H3. The van der Waals surface area contributed by atoms with Crippen LogP contribution in [0.15, 0.2) is 34.9 Å². The fraction of sp³-hybridized carbons (Fsp3) is 0.786. The maximum absolute atomic E-state index is 10.8. The molecule has 30 heavy (non-hydrogen) atoms. The smallest absolute Gasteiger partial charge is 0.0642 e. The Morgan fingerprint density at radius 3 is 2.47 bits per heavy atom. The Kier molecular flexibility index (Phi) is 5.90. The number of fused-ring (bicyclic) bond motifs is 5. The summed E-state index contributed by atoms with van der Waals surface area (Å²) >= 11 is 0. The fourth-order valence-electron chi connectivity index (χ4n) is 7.61. The summed E-state index contributed by atoms with van der Waals surface area (Å²) in [6.07, 6.45) is 17.7. The molecule has 2 nitrogen and oxygen atoms in total. The fourth-order valence-corrected chi connectivity index (χ4v) is 7.61. The van der Waals surface area contributed by atoms with E-state index in [4.69, 9.17) is 0 Å². The number of allylic oxidation sites excluding steroid dienone is 5. The van der Waals surface area contributed by atoms with Gasteiger partial charge in [-0.3, -0.25) is 0 Å². The summed E-state index contributed by atoms with van der Waals surface area (Å²) in [5, 5.41) is 21.0. The summed E-state index contributed by atoms with van der Waals surface area (Å²) in [6.45, 7) is 11.6. The van der Waals surface area contributed by atoms with Crippen LogP contribution < -0.4 is 0 Å². The highest BCUT2D eigenvalue weighted by atomic mass is 16.3. The van der Waals surface area contributed by atoms with Gasteiger partial charge in [0, 0.05) is 0 Å². The molecule has 0 aromatic rings. The van der Waals surface area contributed by atoms with E-state index in [1.165, 1.54) is 24.8 Å². The Balaban J connectivity index is 1.53. The molecule has 0 heterocycles. The Bertz CT molecular complexity index is 755. The summed E-state index contributed by atoms with van der Waals surface area (Å²) in [6, 6.07) is 0. The molecule has 0 aromatic heterocycles. The van der Waals surface area contributed by atoms with Crippen LogP contribution in [0, 0.1) is 28.6 Å². The van der Waals surface area contributed by atoms with Gasteiger partial charge in [0.1, 0.15) is 0 Å². The lowest BCUT2D eigenvalue weighted by Gasteiger charge is -2.54. The van der Waals surface area contributed by atoms with Gasteiger partial charge in [0.05, 0.1) is 11.7 Å². The average molecular weight is 413 g/mol. The van der Waals surface area contributed by atoms with Gasteiger partial charge >= 0.3 is 0 Å². The van der Waals surface area contributed by atoms with Gasteiger partial charge in [-0.2, -0.15) is 0 Å². The molecule has 6 atom stereocenters. The zero-order chi connectivity index (χ0) is 21.7. The number of aliphatic hydroxyl groups is 2. The van der Waals surface area contributed by atoms with Crippen LogP contribution in [-0.2, 0) is 0 Å². The summed E-state index contributed by atoms with van der Waals surface area (Å²) < 4.78 is 0. The van der Waals surface area contributed by atoms with Crippen LogP contribution in [0.25, 0.3) is 0 Å². The third-order valence-corrected chi connectivity index (χ3v) is 10.1. The quantitative estimate of drug-likeness (QED) is 0.475. The molecule has 2 heteroatoms. The van der Waals surface area contributed by atoms with Crippen LogP contribution >= 0.6 is 0 Å². The van der Waals surface area contributed by atoms with E-state index in [-0.39, 0.29) is 16.9 Å². The Labute approximate surface area is 184 Å². The van der Waals surface area contributed by atoms with E-state index in [1.807, 2.05) is 0 Å². The van der Waals surface area contributed by atoms with Gasteiger partial charge in [0.25, 0.3) is 0 Å². The molecule has 0 bridgehead atoms. The minimum Gasteiger partial charge on any atom is -0.393 e. The van der Waals surface area contributed by atoms with E-state index < -0.39 is 5.60 Å². The molecule has 0 saturated heterocycles. The first-order valence-electron chi connectivity index (χ1n) is 12.7. The van der Waals surface area contributed by atoms with Crippen molar-refractivity contribution >= 4 is 0 Å². The Morgan fingerprint density at radius 2 is 1.77 bits per heavy atom. The third-order valence-electron chi connectivity index (χ3n) is 10.1. The molecule has 2 fully saturated rings. The Hall–Kier alpha value is -0.860. The van der Waals surface area contributed by atoms with E-state index in [2.05, 4.69) is 52.8 Å². The second-order valence-electron chi connectivity index (χ2n) is 11.5. The van der Waals surface area contributed by atoms with Crippen LogP contribution in [0.2, 0.25) is 0 Å². The molecular weight excluding hydrogens is 368 g/mol. The highest BCUT2D eigenvalue weighted by molar-refractivity contribution is 5.42. The maximum atomic E-state index is 10.8. The van der Waals surface area contributed by atoms with Crippen molar-refractivity contribution in [3.05, 3.63) is 34.9 Å². The zero-order valence-corrected chi connectivity index (χ0v) is 20.0. The van der Waals surface area contributed by atoms with Gasteiger partial charge in [-0.1, -0.05) is 69.6 Å². The number of aliphatic hydroxyl groups excluding tert-OH is 1. The van der Waals surface area contributed by atoms with Crippen LogP contribution in [0.4, 0.5) is 0 Å². The molecule has 0 aliphatic heterocycles. The molecule has 168 valence electrons. The van der Waals surface area contributed by atoms with Crippen molar-refractivity contribution in [2.45, 2.75) is 111 Å². The number of rotatable bonds is 6. The summed E-state index contributed by atoms with van der Waals surface area (Å²) in [5.41, 5.74) is 4.92. The minimum absolute atomic E-state index is 0.140. The van der Waals surface area contributed by atoms with Crippen LogP contribution in [0.1, 0.15) is 98.8 Å².